The number of nitrogens with one attached hydrogen (secondary N) is 1. The molecule has 2 aromatic rings. The molecule has 0 saturated heterocycles. The lowest BCUT2D eigenvalue weighted by Gasteiger charge is -2.19. The summed E-state index contributed by atoms with van der Waals surface area (Å²) < 4.78 is 19.4. The van der Waals surface area contributed by atoms with Crippen molar-refractivity contribution in [3.8, 4) is 0 Å². The number of aromatic nitrogens is 1. The summed E-state index contributed by atoms with van der Waals surface area (Å²) in [6, 6.07) is 4.14. The molecule has 1 aliphatic rings. The Morgan fingerprint density at radius 2 is 2.14 bits per heavy atom. The number of hydrogen-bond donors (Lipinski definition) is 1. The second-order valence-corrected chi connectivity index (χ2v) is 7.72. The number of carbonyl (C=O) groups excluding carboxylic acids is 2. The first-order chi connectivity index (χ1) is 13.2. The summed E-state index contributed by atoms with van der Waals surface area (Å²) in [4.78, 5) is 30.7. The summed E-state index contributed by atoms with van der Waals surface area (Å²) in [5, 5.41) is 2.98. The fraction of sp³-hybridized carbons (Fsp3) is 0.476. The van der Waals surface area contributed by atoms with E-state index in [9.17, 15) is 14.0 Å². The molecule has 1 unspecified atom stereocenters. The number of rotatable bonds is 4. The van der Waals surface area contributed by atoms with Crippen molar-refractivity contribution in [2.45, 2.75) is 53.1 Å². The number of aryl methyl sites for hydroxylation is 1. The van der Waals surface area contributed by atoms with Crippen LogP contribution < -0.4 is 5.32 Å². The maximum atomic E-state index is 13.8. The largest absolute Gasteiger partial charge is 0.435 e. The van der Waals surface area contributed by atoms with Gasteiger partial charge in [0, 0.05) is 26.4 Å². The average molecular weight is 387 g/mol. The number of nitrogens with zero attached hydrogens (tertiary/aromatic N) is 2. The van der Waals surface area contributed by atoms with Gasteiger partial charge in [-0.05, 0) is 42.5 Å². The zero-order valence-corrected chi connectivity index (χ0v) is 16.7. The van der Waals surface area contributed by atoms with Gasteiger partial charge in [0.25, 0.3) is 5.91 Å². The Bertz CT molecular complexity index is 891. The van der Waals surface area contributed by atoms with Gasteiger partial charge in [-0.3, -0.25) is 9.59 Å². The minimum atomic E-state index is -0.362. The third kappa shape index (κ3) is 4.40. The number of amides is 2. The van der Waals surface area contributed by atoms with E-state index in [0.29, 0.717) is 49.0 Å². The van der Waals surface area contributed by atoms with E-state index in [-0.39, 0.29) is 29.4 Å². The highest BCUT2D eigenvalue weighted by Crippen LogP contribution is 2.28. The predicted molar refractivity (Wildman–Crippen MR) is 102 cm³/mol. The minimum absolute atomic E-state index is 0.0772. The predicted octanol–water partition coefficient (Wildman–Crippen LogP) is 3.54. The highest BCUT2D eigenvalue weighted by molar-refractivity contribution is 5.92. The van der Waals surface area contributed by atoms with Gasteiger partial charge in [0.2, 0.25) is 11.7 Å². The molecule has 1 N–H and O–H groups in total. The molecule has 6 nitrogen and oxygen atoms in total. The van der Waals surface area contributed by atoms with Crippen LogP contribution in [0.1, 0.15) is 66.5 Å². The summed E-state index contributed by atoms with van der Waals surface area (Å²) in [5.41, 5.74) is 2.07. The lowest BCUT2D eigenvalue weighted by molar-refractivity contribution is -0.129. The highest BCUT2D eigenvalue weighted by Gasteiger charge is 2.27. The molecule has 0 spiro atoms. The monoisotopic (exact) mass is 387 g/mol. The molecule has 0 saturated carbocycles. The van der Waals surface area contributed by atoms with Crippen molar-refractivity contribution in [3.05, 3.63) is 52.5 Å². The Labute approximate surface area is 164 Å². The van der Waals surface area contributed by atoms with Crippen LogP contribution in [0.5, 0.6) is 0 Å². The van der Waals surface area contributed by atoms with E-state index in [1.54, 1.807) is 17.9 Å². The molecule has 1 atom stereocenters. The first-order valence-corrected chi connectivity index (χ1v) is 9.55. The zero-order chi connectivity index (χ0) is 20.4. The van der Waals surface area contributed by atoms with Gasteiger partial charge in [-0.2, -0.15) is 0 Å². The Balaban J connectivity index is 1.85. The van der Waals surface area contributed by atoms with Crippen molar-refractivity contribution in [2.75, 3.05) is 6.54 Å². The van der Waals surface area contributed by atoms with Crippen LogP contribution in [0.2, 0.25) is 0 Å². The van der Waals surface area contributed by atoms with Crippen LogP contribution in [-0.4, -0.2) is 28.2 Å². The van der Waals surface area contributed by atoms with Gasteiger partial charge in [-0.1, -0.05) is 19.9 Å². The van der Waals surface area contributed by atoms with E-state index in [4.69, 9.17) is 4.42 Å². The summed E-state index contributed by atoms with van der Waals surface area (Å²) in [7, 11) is 0. The zero-order valence-electron chi connectivity index (χ0n) is 16.7. The number of halogens is 1. The van der Waals surface area contributed by atoms with E-state index in [2.05, 4.69) is 24.1 Å². The van der Waals surface area contributed by atoms with Gasteiger partial charge in [0.1, 0.15) is 5.82 Å². The number of hydrogen-bond acceptors (Lipinski definition) is 4. The fourth-order valence-electron chi connectivity index (χ4n) is 3.52. The molecule has 1 aromatic heterocycles. The lowest BCUT2D eigenvalue weighted by atomic mass is 9.99. The molecular formula is C21H26FN3O3. The highest BCUT2D eigenvalue weighted by atomic mass is 19.1. The normalized spacial score (nSPS) is 16.6. The standard InChI is InChI=1S/C21H26FN3O3/c1-12(2)9-19-23-13(3)20(28-19)21(27)24-18-7-8-25(14(4)26)11-15-10-16(22)5-6-17(15)18/h5-6,10,12,18H,7-9,11H2,1-4H3,(H,24,27). The SMILES string of the molecule is CC(=O)N1CCC(NC(=O)c2oc(CC(C)C)nc2C)c2ccc(F)cc2C1. The smallest absolute Gasteiger partial charge is 0.289 e. The van der Waals surface area contributed by atoms with E-state index >= 15 is 0 Å². The molecule has 2 amide bonds. The maximum Gasteiger partial charge on any atom is 0.289 e. The van der Waals surface area contributed by atoms with Crippen molar-refractivity contribution < 1.29 is 18.4 Å². The van der Waals surface area contributed by atoms with Crippen molar-refractivity contribution in [2.24, 2.45) is 5.92 Å². The second-order valence-electron chi connectivity index (χ2n) is 7.72. The molecule has 28 heavy (non-hydrogen) atoms. The molecule has 0 radical (unpaired) electrons. The summed E-state index contributed by atoms with van der Waals surface area (Å²) >= 11 is 0. The third-order valence-electron chi connectivity index (χ3n) is 4.91. The van der Waals surface area contributed by atoms with E-state index in [1.165, 1.54) is 19.1 Å². The Hall–Kier alpha value is -2.70. The molecule has 1 aliphatic heterocycles. The fourth-order valence-corrected chi connectivity index (χ4v) is 3.52. The molecule has 0 aliphatic carbocycles. The molecule has 1 aromatic carbocycles. The van der Waals surface area contributed by atoms with Gasteiger partial charge < -0.3 is 14.6 Å². The van der Waals surface area contributed by atoms with Crippen LogP contribution >= 0.6 is 0 Å². The lowest BCUT2D eigenvalue weighted by Crippen LogP contribution is -2.31. The van der Waals surface area contributed by atoms with E-state index in [1.807, 2.05) is 0 Å². The average Bonchev–Trinajstić information content (AvgIpc) is 2.86. The van der Waals surface area contributed by atoms with E-state index < -0.39 is 0 Å². The van der Waals surface area contributed by atoms with Crippen LogP contribution in [0.4, 0.5) is 4.39 Å². The van der Waals surface area contributed by atoms with Crippen LogP contribution in [0, 0.1) is 18.7 Å². The summed E-state index contributed by atoms with van der Waals surface area (Å²) in [5.74, 6) is 0.327. The molecule has 0 bridgehead atoms. The van der Waals surface area contributed by atoms with Crippen LogP contribution in [0.25, 0.3) is 0 Å². The first-order valence-electron chi connectivity index (χ1n) is 9.55. The van der Waals surface area contributed by atoms with Crippen LogP contribution in [0.3, 0.4) is 0 Å². The summed E-state index contributed by atoms with van der Waals surface area (Å²) in [6.07, 6.45) is 1.20. The van der Waals surface area contributed by atoms with Gasteiger partial charge in [-0.15, -0.1) is 0 Å². The number of benzene rings is 1. The third-order valence-corrected chi connectivity index (χ3v) is 4.91. The van der Waals surface area contributed by atoms with Crippen LogP contribution in [-0.2, 0) is 17.8 Å². The number of carbonyl (C=O) groups is 2. The van der Waals surface area contributed by atoms with Crippen LogP contribution in [0.15, 0.2) is 22.6 Å². The van der Waals surface area contributed by atoms with Gasteiger partial charge >= 0.3 is 0 Å². The number of fused-ring (bicyclic) bond motifs is 1. The molecular weight excluding hydrogens is 361 g/mol. The summed E-state index contributed by atoms with van der Waals surface area (Å²) in [6.45, 7) is 8.16. The molecule has 2 heterocycles. The number of oxazole rings is 1. The second kappa shape index (κ2) is 8.12. The van der Waals surface area contributed by atoms with Crippen molar-refractivity contribution in [3.63, 3.8) is 0 Å². The van der Waals surface area contributed by atoms with Crippen molar-refractivity contribution in [1.29, 1.82) is 0 Å². The Kier molecular flexibility index (Phi) is 5.82. The topological polar surface area (TPSA) is 75.4 Å². The molecule has 3 rings (SSSR count). The van der Waals surface area contributed by atoms with Crippen molar-refractivity contribution in [1.82, 2.24) is 15.2 Å². The first kappa shape index (κ1) is 20.0. The molecule has 7 heteroatoms. The van der Waals surface area contributed by atoms with Gasteiger partial charge in [0.15, 0.2) is 5.89 Å². The Morgan fingerprint density at radius 1 is 1.39 bits per heavy atom. The quantitative estimate of drug-likeness (QED) is 0.871. The van der Waals surface area contributed by atoms with Gasteiger partial charge in [-0.25, -0.2) is 9.37 Å². The van der Waals surface area contributed by atoms with Crippen molar-refractivity contribution >= 4 is 11.8 Å². The maximum absolute atomic E-state index is 13.8. The molecule has 0 fully saturated rings. The molecule has 150 valence electrons. The van der Waals surface area contributed by atoms with Gasteiger partial charge in [0.05, 0.1) is 11.7 Å². The van der Waals surface area contributed by atoms with E-state index in [0.717, 1.165) is 5.56 Å². The minimum Gasteiger partial charge on any atom is -0.435 e. The Morgan fingerprint density at radius 3 is 2.82 bits per heavy atom.